The minimum absolute atomic E-state index is 0.503. The van der Waals surface area contributed by atoms with Crippen LogP contribution in [-0.2, 0) is 0 Å². The van der Waals surface area contributed by atoms with Crippen molar-refractivity contribution in [3.05, 3.63) is 28.8 Å². The monoisotopic (exact) mass is 185 g/mol. The van der Waals surface area contributed by atoms with Crippen LogP contribution in [0.25, 0.3) is 0 Å². The first-order chi connectivity index (χ1) is 5.74. The molecule has 0 atom stereocenters. The molecule has 3 heteroatoms. The summed E-state index contributed by atoms with van der Waals surface area (Å²) >= 11 is 5.87. The van der Waals surface area contributed by atoms with Crippen LogP contribution < -0.4 is 10.5 Å². The van der Waals surface area contributed by atoms with Crippen LogP contribution in [-0.4, -0.2) is 13.2 Å². The average molecular weight is 186 g/mol. The van der Waals surface area contributed by atoms with Crippen LogP contribution in [0.1, 0.15) is 5.56 Å². The van der Waals surface area contributed by atoms with Gasteiger partial charge >= 0.3 is 0 Å². The molecule has 0 amide bonds. The van der Waals surface area contributed by atoms with Crippen LogP contribution in [0.15, 0.2) is 18.2 Å². The minimum atomic E-state index is 0.503. The molecule has 0 aliphatic heterocycles. The molecule has 0 aromatic heterocycles. The van der Waals surface area contributed by atoms with Crippen molar-refractivity contribution in [2.45, 2.75) is 6.92 Å². The SMILES string of the molecule is Cc1ccc(Cl)c(OCCN)c1. The van der Waals surface area contributed by atoms with Gasteiger partial charge in [0.25, 0.3) is 0 Å². The van der Waals surface area contributed by atoms with Crippen molar-refractivity contribution < 1.29 is 4.74 Å². The number of hydrogen-bond donors (Lipinski definition) is 1. The molecule has 2 nitrogen and oxygen atoms in total. The summed E-state index contributed by atoms with van der Waals surface area (Å²) in [5, 5.41) is 0.633. The normalized spacial score (nSPS) is 9.92. The molecule has 0 heterocycles. The first-order valence-corrected chi connectivity index (χ1v) is 4.21. The maximum atomic E-state index is 5.87. The fourth-order valence-corrected chi connectivity index (χ4v) is 1.06. The highest BCUT2D eigenvalue weighted by molar-refractivity contribution is 6.32. The number of ether oxygens (including phenoxy) is 1. The van der Waals surface area contributed by atoms with Crippen LogP contribution in [0.4, 0.5) is 0 Å². The molecular formula is C9H12ClNO. The molecule has 0 spiro atoms. The molecule has 0 saturated carbocycles. The van der Waals surface area contributed by atoms with Gasteiger partial charge in [0.15, 0.2) is 0 Å². The zero-order valence-electron chi connectivity index (χ0n) is 7.01. The predicted octanol–water partition coefficient (Wildman–Crippen LogP) is 1.99. The number of rotatable bonds is 3. The fraction of sp³-hybridized carbons (Fsp3) is 0.333. The summed E-state index contributed by atoms with van der Waals surface area (Å²) in [7, 11) is 0. The molecule has 0 aliphatic rings. The second-order valence-corrected chi connectivity index (χ2v) is 2.98. The van der Waals surface area contributed by atoms with Crippen LogP contribution in [0.5, 0.6) is 5.75 Å². The summed E-state index contributed by atoms with van der Waals surface area (Å²) in [5.74, 6) is 0.710. The van der Waals surface area contributed by atoms with E-state index in [-0.39, 0.29) is 0 Å². The Balaban J connectivity index is 2.75. The van der Waals surface area contributed by atoms with E-state index in [1.807, 2.05) is 25.1 Å². The highest BCUT2D eigenvalue weighted by Gasteiger charge is 1.99. The summed E-state index contributed by atoms with van der Waals surface area (Å²) < 4.78 is 5.31. The lowest BCUT2D eigenvalue weighted by atomic mass is 10.2. The highest BCUT2D eigenvalue weighted by Crippen LogP contribution is 2.24. The molecule has 12 heavy (non-hydrogen) atoms. The Hall–Kier alpha value is -0.730. The molecule has 1 aromatic rings. The predicted molar refractivity (Wildman–Crippen MR) is 50.7 cm³/mol. The van der Waals surface area contributed by atoms with Crippen molar-refractivity contribution in [2.24, 2.45) is 5.73 Å². The Labute approximate surface area is 77.3 Å². The molecule has 0 aliphatic carbocycles. The molecule has 2 N–H and O–H groups in total. The van der Waals surface area contributed by atoms with Gasteiger partial charge < -0.3 is 10.5 Å². The second kappa shape index (κ2) is 4.33. The van der Waals surface area contributed by atoms with E-state index in [0.717, 1.165) is 5.56 Å². The maximum Gasteiger partial charge on any atom is 0.138 e. The van der Waals surface area contributed by atoms with E-state index >= 15 is 0 Å². The topological polar surface area (TPSA) is 35.2 Å². The van der Waals surface area contributed by atoms with Gasteiger partial charge in [-0.1, -0.05) is 17.7 Å². The van der Waals surface area contributed by atoms with E-state index in [9.17, 15) is 0 Å². The lowest BCUT2D eigenvalue weighted by molar-refractivity contribution is 0.328. The van der Waals surface area contributed by atoms with Gasteiger partial charge in [0.1, 0.15) is 12.4 Å². The fourth-order valence-electron chi connectivity index (χ4n) is 0.890. The van der Waals surface area contributed by atoms with Gasteiger partial charge in [-0.05, 0) is 24.6 Å². The third-order valence-corrected chi connectivity index (χ3v) is 1.77. The molecule has 0 radical (unpaired) electrons. The number of nitrogens with two attached hydrogens (primary N) is 1. The van der Waals surface area contributed by atoms with E-state index in [2.05, 4.69) is 0 Å². The van der Waals surface area contributed by atoms with Gasteiger partial charge in [0, 0.05) is 6.54 Å². The van der Waals surface area contributed by atoms with Gasteiger partial charge in [-0.25, -0.2) is 0 Å². The summed E-state index contributed by atoms with van der Waals surface area (Å²) in [6.07, 6.45) is 0. The third-order valence-electron chi connectivity index (χ3n) is 1.46. The molecule has 1 rings (SSSR count). The zero-order valence-corrected chi connectivity index (χ0v) is 7.77. The molecule has 0 unspecified atom stereocenters. The summed E-state index contributed by atoms with van der Waals surface area (Å²) in [4.78, 5) is 0. The largest absolute Gasteiger partial charge is 0.491 e. The third kappa shape index (κ3) is 2.40. The van der Waals surface area contributed by atoms with Crippen molar-refractivity contribution in [3.63, 3.8) is 0 Å². The summed E-state index contributed by atoms with van der Waals surface area (Å²) in [5.41, 5.74) is 6.43. The van der Waals surface area contributed by atoms with Gasteiger partial charge in [-0.15, -0.1) is 0 Å². The van der Waals surface area contributed by atoms with E-state index in [4.69, 9.17) is 22.1 Å². The molecule has 0 saturated heterocycles. The summed E-state index contributed by atoms with van der Waals surface area (Å²) in [6.45, 7) is 3.00. The lowest BCUT2D eigenvalue weighted by Gasteiger charge is -2.06. The first kappa shape index (κ1) is 9.36. The van der Waals surface area contributed by atoms with Crippen molar-refractivity contribution in [1.82, 2.24) is 0 Å². The minimum Gasteiger partial charge on any atom is -0.491 e. The second-order valence-electron chi connectivity index (χ2n) is 2.57. The van der Waals surface area contributed by atoms with Crippen molar-refractivity contribution in [3.8, 4) is 5.75 Å². The van der Waals surface area contributed by atoms with Gasteiger partial charge in [-0.3, -0.25) is 0 Å². The Kier molecular flexibility index (Phi) is 3.38. The quantitative estimate of drug-likeness (QED) is 0.782. The number of benzene rings is 1. The summed E-state index contributed by atoms with van der Waals surface area (Å²) in [6, 6.07) is 5.67. The van der Waals surface area contributed by atoms with Crippen LogP contribution >= 0.6 is 11.6 Å². The number of halogens is 1. The molecule has 66 valence electrons. The van der Waals surface area contributed by atoms with Crippen LogP contribution in [0.2, 0.25) is 5.02 Å². The van der Waals surface area contributed by atoms with Crippen LogP contribution in [0.3, 0.4) is 0 Å². The van der Waals surface area contributed by atoms with Gasteiger partial charge in [-0.2, -0.15) is 0 Å². The highest BCUT2D eigenvalue weighted by atomic mass is 35.5. The van der Waals surface area contributed by atoms with Crippen LogP contribution in [0, 0.1) is 6.92 Å². The molecular weight excluding hydrogens is 174 g/mol. The zero-order chi connectivity index (χ0) is 8.97. The Morgan fingerprint density at radius 1 is 1.50 bits per heavy atom. The van der Waals surface area contributed by atoms with E-state index in [1.54, 1.807) is 0 Å². The van der Waals surface area contributed by atoms with Gasteiger partial charge in [0.2, 0.25) is 0 Å². The standard InChI is InChI=1S/C9H12ClNO/c1-7-2-3-8(10)9(6-7)12-5-4-11/h2-3,6H,4-5,11H2,1H3. The first-order valence-electron chi connectivity index (χ1n) is 3.83. The van der Waals surface area contributed by atoms with E-state index in [0.29, 0.717) is 23.9 Å². The van der Waals surface area contributed by atoms with E-state index < -0.39 is 0 Å². The van der Waals surface area contributed by atoms with Crippen molar-refractivity contribution in [1.29, 1.82) is 0 Å². The molecule has 0 bridgehead atoms. The van der Waals surface area contributed by atoms with Gasteiger partial charge in [0.05, 0.1) is 5.02 Å². The molecule has 1 aromatic carbocycles. The Morgan fingerprint density at radius 3 is 2.92 bits per heavy atom. The van der Waals surface area contributed by atoms with Crippen molar-refractivity contribution in [2.75, 3.05) is 13.2 Å². The number of hydrogen-bond acceptors (Lipinski definition) is 2. The smallest absolute Gasteiger partial charge is 0.138 e. The lowest BCUT2D eigenvalue weighted by Crippen LogP contribution is -2.10. The molecule has 0 fully saturated rings. The van der Waals surface area contributed by atoms with E-state index in [1.165, 1.54) is 0 Å². The maximum absolute atomic E-state index is 5.87. The average Bonchev–Trinajstić information content (AvgIpc) is 2.07. The number of aryl methyl sites for hydroxylation is 1. The Bertz CT molecular complexity index is 263. The van der Waals surface area contributed by atoms with Crippen molar-refractivity contribution >= 4 is 11.6 Å². The Morgan fingerprint density at radius 2 is 2.25 bits per heavy atom.